The van der Waals surface area contributed by atoms with E-state index in [-0.39, 0.29) is 6.10 Å². The molecule has 0 spiro atoms. The zero-order chi connectivity index (χ0) is 11.4. The van der Waals surface area contributed by atoms with Crippen LogP contribution in [0.3, 0.4) is 0 Å². The van der Waals surface area contributed by atoms with Gasteiger partial charge >= 0.3 is 0 Å². The number of hydrogen-bond acceptors (Lipinski definition) is 3. The lowest BCUT2D eigenvalue weighted by molar-refractivity contribution is 0.108. The van der Waals surface area contributed by atoms with E-state index in [1.807, 2.05) is 25.1 Å². The summed E-state index contributed by atoms with van der Waals surface area (Å²) in [5, 5.41) is 3.36. The molecular weight excluding hydrogens is 200 g/mol. The smallest absolute Gasteiger partial charge is 0.139 e. The normalized spacial score (nSPS) is 21.4. The molecular formula is C13H18N2O. The number of aliphatic imine (C=N–C) groups is 1. The van der Waals surface area contributed by atoms with Crippen LogP contribution in [0, 0.1) is 0 Å². The minimum Gasteiger partial charge on any atom is -0.367 e. The van der Waals surface area contributed by atoms with Crippen molar-refractivity contribution in [3.05, 3.63) is 35.9 Å². The van der Waals surface area contributed by atoms with Crippen molar-refractivity contribution in [2.45, 2.75) is 26.0 Å². The molecule has 16 heavy (non-hydrogen) atoms. The van der Waals surface area contributed by atoms with Gasteiger partial charge in [-0.3, -0.25) is 4.99 Å². The SMILES string of the molecule is CCO[C@@H](C1=NC[C@H](C)N1)c1ccccc1. The van der Waals surface area contributed by atoms with Crippen molar-refractivity contribution in [3.63, 3.8) is 0 Å². The Morgan fingerprint density at radius 2 is 2.19 bits per heavy atom. The molecule has 0 aliphatic carbocycles. The molecule has 3 heteroatoms. The van der Waals surface area contributed by atoms with Crippen LogP contribution >= 0.6 is 0 Å². The van der Waals surface area contributed by atoms with Gasteiger partial charge in [-0.05, 0) is 19.4 Å². The first-order valence-corrected chi connectivity index (χ1v) is 5.78. The summed E-state index contributed by atoms with van der Waals surface area (Å²) >= 11 is 0. The maximum absolute atomic E-state index is 5.77. The summed E-state index contributed by atoms with van der Waals surface area (Å²) < 4.78 is 5.77. The maximum Gasteiger partial charge on any atom is 0.139 e. The number of amidine groups is 1. The Morgan fingerprint density at radius 1 is 1.44 bits per heavy atom. The Labute approximate surface area is 96.5 Å². The lowest BCUT2D eigenvalue weighted by Gasteiger charge is -2.18. The Balaban J connectivity index is 2.18. The number of nitrogens with one attached hydrogen (secondary N) is 1. The van der Waals surface area contributed by atoms with Crippen LogP contribution in [0.25, 0.3) is 0 Å². The number of hydrogen-bond donors (Lipinski definition) is 1. The first-order valence-electron chi connectivity index (χ1n) is 5.78. The van der Waals surface area contributed by atoms with Crippen LogP contribution < -0.4 is 5.32 Å². The fourth-order valence-electron chi connectivity index (χ4n) is 1.87. The molecule has 0 radical (unpaired) electrons. The maximum atomic E-state index is 5.77. The molecule has 1 aliphatic rings. The van der Waals surface area contributed by atoms with E-state index in [9.17, 15) is 0 Å². The van der Waals surface area contributed by atoms with Crippen molar-refractivity contribution in [1.82, 2.24) is 5.32 Å². The van der Waals surface area contributed by atoms with Crippen molar-refractivity contribution in [1.29, 1.82) is 0 Å². The van der Waals surface area contributed by atoms with Crippen LogP contribution in [0.15, 0.2) is 35.3 Å². The summed E-state index contributed by atoms with van der Waals surface area (Å²) in [6.45, 7) is 5.67. The van der Waals surface area contributed by atoms with E-state index >= 15 is 0 Å². The highest BCUT2D eigenvalue weighted by Gasteiger charge is 2.23. The first-order chi connectivity index (χ1) is 7.81. The van der Waals surface area contributed by atoms with Gasteiger partial charge < -0.3 is 10.1 Å². The van der Waals surface area contributed by atoms with Crippen LogP contribution in [0.4, 0.5) is 0 Å². The predicted molar refractivity (Wildman–Crippen MR) is 65.7 cm³/mol. The second-order valence-electron chi connectivity index (χ2n) is 4.02. The first kappa shape index (κ1) is 11.1. The largest absolute Gasteiger partial charge is 0.367 e. The summed E-state index contributed by atoms with van der Waals surface area (Å²) in [5.74, 6) is 0.959. The molecule has 0 amide bonds. The third kappa shape index (κ3) is 2.42. The van der Waals surface area contributed by atoms with Crippen molar-refractivity contribution >= 4 is 5.84 Å². The highest BCUT2D eigenvalue weighted by Crippen LogP contribution is 2.20. The topological polar surface area (TPSA) is 33.6 Å². The minimum absolute atomic E-state index is 0.0452. The van der Waals surface area contributed by atoms with Crippen molar-refractivity contribution in [2.75, 3.05) is 13.2 Å². The Bertz CT molecular complexity index is 361. The van der Waals surface area contributed by atoms with Gasteiger partial charge in [0.15, 0.2) is 0 Å². The third-order valence-corrected chi connectivity index (χ3v) is 2.61. The Morgan fingerprint density at radius 3 is 2.75 bits per heavy atom. The summed E-state index contributed by atoms with van der Waals surface area (Å²) in [6, 6.07) is 10.6. The van der Waals surface area contributed by atoms with Crippen LogP contribution in [-0.4, -0.2) is 25.0 Å². The summed E-state index contributed by atoms with van der Waals surface area (Å²) in [5.41, 5.74) is 1.16. The fourth-order valence-corrected chi connectivity index (χ4v) is 1.87. The summed E-state index contributed by atoms with van der Waals surface area (Å²) in [4.78, 5) is 4.49. The number of ether oxygens (including phenoxy) is 1. The van der Waals surface area contributed by atoms with Crippen molar-refractivity contribution < 1.29 is 4.74 Å². The zero-order valence-corrected chi connectivity index (χ0v) is 9.81. The van der Waals surface area contributed by atoms with E-state index in [0.717, 1.165) is 17.9 Å². The van der Waals surface area contributed by atoms with E-state index in [2.05, 4.69) is 29.4 Å². The quantitative estimate of drug-likeness (QED) is 0.840. The molecule has 86 valence electrons. The van der Waals surface area contributed by atoms with E-state index in [1.54, 1.807) is 0 Å². The van der Waals surface area contributed by atoms with Crippen LogP contribution in [0.5, 0.6) is 0 Å². The molecule has 1 N–H and O–H groups in total. The molecule has 1 aromatic rings. The monoisotopic (exact) mass is 218 g/mol. The average molecular weight is 218 g/mol. The lowest BCUT2D eigenvalue weighted by Crippen LogP contribution is -2.32. The van der Waals surface area contributed by atoms with Crippen molar-refractivity contribution in [3.8, 4) is 0 Å². The number of benzene rings is 1. The average Bonchev–Trinajstić information content (AvgIpc) is 2.74. The molecule has 0 saturated heterocycles. The lowest BCUT2D eigenvalue weighted by atomic mass is 10.1. The number of nitrogens with zero attached hydrogens (tertiary/aromatic N) is 1. The molecule has 1 heterocycles. The molecule has 0 unspecified atom stereocenters. The highest BCUT2D eigenvalue weighted by molar-refractivity contribution is 5.89. The van der Waals surface area contributed by atoms with E-state index in [1.165, 1.54) is 0 Å². The van der Waals surface area contributed by atoms with Gasteiger partial charge in [0, 0.05) is 12.6 Å². The van der Waals surface area contributed by atoms with Gasteiger partial charge in [0.1, 0.15) is 11.9 Å². The summed E-state index contributed by atoms with van der Waals surface area (Å²) in [7, 11) is 0. The standard InChI is InChI=1S/C13H18N2O/c1-3-16-12(11-7-5-4-6-8-11)13-14-9-10(2)15-13/h4-8,10,12H,3,9H2,1-2H3,(H,14,15)/t10-,12+/m0/s1. The molecule has 0 bridgehead atoms. The number of rotatable bonds is 4. The molecule has 1 aliphatic heterocycles. The van der Waals surface area contributed by atoms with Gasteiger partial charge in [-0.15, -0.1) is 0 Å². The predicted octanol–water partition coefficient (Wildman–Crippen LogP) is 2.15. The van der Waals surface area contributed by atoms with Gasteiger partial charge in [-0.2, -0.15) is 0 Å². The van der Waals surface area contributed by atoms with Gasteiger partial charge in [0.2, 0.25) is 0 Å². The third-order valence-electron chi connectivity index (χ3n) is 2.61. The van der Waals surface area contributed by atoms with Crippen LogP contribution in [0.1, 0.15) is 25.5 Å². The summed E-state index contributed by atoms with van der Waals surface area (Å²) in [6.07, 6.45) is -0.0452. The van der Waals surface area contributed by atoms with Gasteiger partial charge in [0.25, 0.3) is 0 Å². The second-order valence-corrected chi connectivity index (χ2v) is 4.02. The van der Waals surface area contributed by atoms with Gasteiger partial charge in [-0.25, -0.2) is 0 Å². The molecule has 1 aromatic carbocycles. The fraction of sp³-hybridized carbons (Fsp3) is 0.462. The second kappa shape index (κ2) is 5.12. The molecule has 2 rings (SSSR count). The van der Waals surface area contributed by atoms with Crippen molar-refractivity contribution in [2.24, 2.45) is 4.99 Å². The molecule has 0 aromatic heterocycles. The molecule has 3 nitrogen and oxygen atoms in total. The van der Waals surface area contributed by atoms with Crippen LogP contribution in [0.2, 0.25) is 0 Å². The zero-order valence-electron chi connectivity index (χ0n) is 9.81. The van der Waals surface area contributed by atoms with Gasteiger partial charge in [0.05, 0.1) is 6.54 Å². The van der Waals surface area contributed by atoms with Gasteiger partial charge in [-0.1, -0.05) is 30.3 Å². The van der Waals surface area contributed by atoms with E-state index in [4.69, 9.17) is 4.74 Å². The van der Waals surface area contributed by atoms with E-state index in [0.29, 0.717) is 12.6 Å². The molecule has 0 saturated carbocycles. The highest BCUT2D eigenvalue weighted by atomic mass is 16.5. The van der Waals surface area contributed by atoms with Crippen LogP contribution in [-0.2, 0) is 4.74 Å². The Kier molecular flexibility index (Phi) is 3.57. The Hall–Kier alpha value is -1.35. The molecule has 2 atom stereocenters. The van der Waals surface area contributed by atoms with E-state index < -0.39 is 0 Å². The molecule has 0 fully saturated rings. The minimum atomic E-state index is -0.0452.